The standard InChI is InChI=1S/C13H15N5O5S2/c1-23-7(19)2-6-10(16-17-15-6)24-3-5-4-25-12-8(14)11(20)18(12)9(5)13(21)22/h8,12H,2-4,14H2,1H3,(H,21,22)(H,15,16,17)/t8?,12-/m1/s1. The first-order chi connectivity index (χ1) is 11.9. The van der Waals surface area contributed by atoms with E-state index in [2.05, 4.69) is 20.1 Å². The molecule has 0 aliphatic carbocycles. The molecule has 2 atom stereocenters. The van der Waals surface area contributed by atoms with Crippen molar-refractivity contribution in [1.82, 2.24) is 20.3 Å². The minimum atomic E-state index is -1.15. The van der Waals surface area contributed by atoms with Crippen LogP contribution in [0.25, 0.3) is 0 Å². The second-order valence-corrected chi connectivity index (χ2v) is 7.41. The lowest BCUT2D eigenvalue weighted by molar-refractivity contribution is -0.147. The lowest BCUT2D eigenvalue weighted by atomic mass is 10.0. The molecule has 25 heavy (non-hydrogen) atoms. The van der Waals surface area contributed by atoms with Gasteiger partial charge in [-0.25, -0.2) is 4.79 Å². The summed E-state index contributed by atoms with van der Waals surface area (Å²) in [5.74, 6) is -1.20. The number of rotatable bonds is 6. The summed E-state index contributed by atoms with van der Waals surface area (Å²) >= 11 is 2.71. The number of nitrogens with two attached hydrogens (primary N) is 1. The number of nitrogens with zero attached hydrogens (tertiary/aromatic N) is 3. The van der Waals surface area contributed by atoms with Crippen molar-refractivity contribution in [2.24, 2.45) is 5.73 Å². The van der Waals surface area contributed by atoms with Crippen LogP contribution in [0.5, 0.6) is 0 Å². The van der Waals surface area contributed by atoms with E-state index >= 15 is 0 Å². The maximum atomic E-state index is 11.9. The molecule has 4 N–H and O–H groups in total. The van der Waals surface area contributed by atoms with Gasteiger partial charge in [-0.15, -0.1) is 28.6 Å². The minimum absolute atomic E-state index is 0.00931. The summed E-state index contributed by atoms with van der Waals surface area (Å²) in [5, 5.41) is 19.9. The van der Waals surface area contributed by atoms with Crippen molar-refractivity contribution in [3.63, 3.8) is 0 Å². The van der Waals surface area contributed by atoms with Crippen LogP contribution in [0.4, 0.5) is 0 Å². The first kappa shape index (κ1) is 17.8. The fourth-order valence-electron chi connectivity index (χ4n) is 2.53. The number of aliphatic carboxylic acids is 1. The molecule has 0 saturated carbocycles. The molecule has 1 amide bonds. The van der Waals surface area contributed by atoms with E-state index in [1.54, 1.807) is 0 Å². The Labute approximate surface area is 150 Å². The van der Waals surface area contributed by atoms with Gasteiger partial charge in [-0.1, -0.05) is 5.21 Å². The lowest BCUT2D eigenvalue weighted by Crippen LogP contribution is -2.68. The van der Waals surface area contributed by atoms with Crippen LogP contribution in [0, 0.1) is 0 Å². The number of esters is 1. The van der Waals surface area contributed by atoms with E-state index in [1.807, 2.05) is 0 Å². The van der Waals surface area contributed by atoms with Gasteiger partial charge < -0.3 is 15.6 Å². The van der Waals surface area contributed by atoms with Gasteiger partial charge in [0, 0.05) is 11.5 Å². The Balaban J connectivity index is 1.76. The Bertz CT molecular complexity index is 764. The highest BCUT2D eigenvalue weighted by Crippen LogP contribution is 2.40. The van der Waals surface area contributed by atoms with Crippen molar-refractivity contribution in [2.75, 3.05) is 18.6 Å². The van der Waals surface area contributed by atoms with Crippen LogP contribution in [0.1, 0.15) is 5.69 Å². The smallest absolute Gasteiger partial charge is 0.352 e. The molecule has 1 aromatic heterocycles. The Kier molecular flexibility index (Phi) is 5.01. The van der Waals surface area contributed by atoms with Gasteiger partial charge in [-0.2, -0.15) is 0 Å². The summed E-state index contributed by atoms with van der Waals surface area (Å²) in [6.07, 6.45) is -0.0313. The van der Waals surface area contributed by atoms with Gasteiger partial charge in [0.15, 0.2) is 0 Å². The second kappa shape index (κ2) is 7.06. The van der Waals surface area contributed by atoms with E-state index in [-0.39, 0.29) is 23.4 Å². The predicted octanol–water partition coefficient (Wildman–Crippen LogP) is -0.807. The summed E-state index contributed by atoms with van der Waals surface area (Å²) in [4.78, 5) is 36.1. The van der Waals surface area contributed by atoms with E-state index in [1.165, 1.54) is 35.5 Å². The van der Waals surface area contributed by atoms with E-state index in [9.17, 15) is 19.5 Å². The fraction of sp³-hybridized carbons (Fsp3) is 0.462. The van der Waals surface area contributed by atoms with Crippen LogP contribution in [0.15, 0.2) is 16.3 Å². The largest absolute Gasteiger partial charge is 0.477 e. The number of thioether (sulfide) groups is 2. The average Bonchev–Trinajstić information content (AvgIpc) is 3.04. The van der Waals surface area contributed by atoms with E-state index in [0.29, 0.717) is 27.8 Å². The number of methoxy groups -OCH3 is 1. The predicted molar refractivity (Wildman–Crippen MR) is 88.6 cm³/mol. The van der Waals surface area contributed by atoms with Gasteiger partial charge in [0.2, 0.25) is 5.91 Å². The Morgan fingerprint density at radius 1 is 1.56 bits per heavy atom. The summed E-state index contributed by atoms with van der Waals surface area (Å²) in [6.45, 7) is 0. The quantitative estimate of drug-likeness (QED) is 0.322. The highest BCUT2D eigenvalue weighted by Gasteiger charge is 2.51. The van der Waals surface area contributed by atoms with Crippen molar-refractivity contribution in [1.29, 1.82) is 0 Å². The number of aromatic amines is 1. The van der Waals surface area contributed by atoms with Gasteiger partial charge in [-0.05, 0) is 5.57 Å². The van der Waals surface area contributed by atoms with Crippen LogP contribution >= 0.6 is 23.5 Å². The number of H-pyrrole nitrogens is 1. The maximum absolute atomic E-state index is 11.9. The molecule has 1 fully saturated rings. The maximum Gasteiger partial charge on any atom is 0.352 e. The van der Waals surface area contributed by atoms with Gasteiger partial charge in [0.05, 0.1) is 13.5 Å². The normalized spacial score (nSPS) is 22.5. The van der Waals surface area contributed by atoms with Crippen LogP contribution < -0.4 is 5.73 Å². The lowest BCUT2D eigenvalue weighted by Gasteiger charge is -2.48. The van der Waals surface area contributed by atoms with Crippen molar-refractivity contribution < 1.29 is 24.2 Å². The zero-order chi connectivity index (χ0) is 18.1. The van der Waals surface area contributed by atoms with Crippen LogP contribution in [-0.2, 0) is 25.5 Å². The van der Waals surface area contributed by atoms with Crippen molar-refractivity contribution in [3.05, 3.63) is 17.0 Å². The number of carbonyl (C=O) groups is 3. The van der Waals surface area contributed by atoms with Crippen LogP contribution in [0.3, 0.4) is 0 Å². The van der Waals surface area contributed by atoms with E-state index in [0.717, 1.165) is 0 Å². The molecule has 12 heteroatoms. The number of amides is 1. The molecule has 2 aliphatic rings. The number of ether oxygens (including phenoxy) is 1. The third-order valence-corrected chi connectivity index (χ3v) is 6.27. The molecular weight excluding hydrogens is 370 g/mol. The topological polar surface area (TPSA) is 152 Å². The Morgan fingerprint density at radius 2 is 2.32 bits per heavy atom. The number of β-lactam (4-membered cyclic amide) rings is 1. The second-order valence-electron chi connectivity index (χ2n) is 5.32. The SMILES string of the molecule is COC(=O)Cc1nn[nH]c1SCC1=C(C(=O)O)N2C(=O)C(N)[C@H]2SC1. The molecule has 10 nitrogen and oxygen atoms in total. The van der Waals surface area contributed by atoms with Gasteiger partial charge in [0.1, 0.15) is 27.8 Å². The third kappa shape index (κ3) is 3.24. The molecule has 0 aromatic carbocycles. The number of nitrogens with one attached hydrogen (secondary N) is 1. The molecule has 3 rings (SSSR count). The molecule has 134 valence electrons. The number of carboxylic acids is 1. The zero-order valence-corrected chi connectivity index (χ0v) is 14.7. The summed E-state index contributed by atoms with van der Waals surface area (Å²) in [6, 6.07) is -0.656. The fourth-order valence-corrected chi connectivity index (χ4v) is 4.90. The molecule has 0 bridgehead atoms. The molecule has 1 aromatic rings. The number of fused-ring (bicyclic) bond motifs is 1. The molecule has 3 heterocycles. The van der Waals surface area contributed by atoms with E-state index in [4.69, 9.17) is 5.73 Å². The zero-order valence-electron chi connectivity index (χ0n) is 13.1. The number of carboxylic acid groups (broad SMARTS) is 1. The summed E-state index contributed by atoms with van der Waals surface area (Å²) in [5.41, 5.74) is 6.74. The average molecular weight is 385 g/mol. The van der Waals surface area contributed by atoms with Crippen molar-refractivity contribution in [3.8, 4) is 0 Å². The number of aromatic nitrogens is 3. The van der Waals surface area contributed by atoms with Crippen molar-refractivity contribution >= 4 is 41.4 Å². The Morgan fingerprint density at radius 3 is 3.00 bits per heavy atom. The molecule has 2 aliphatic heterocycles. The molecule has 0 radical (unpaired) electrons. The van der Waals surface area contributed by atoms with Gasteiger partial charge in [0.25, 0.3) is 0 Å². The van der Waals surface area contributed by atoms with Crippen LogP contribution in [0.2, 0.25) is 0 Å². The first-order valence-electron chi connectivity index (χ1n) is 7.19. The van der Waals surface area contributed by atoms with E-state index < -0.39 is 18.0 Å². The van der Waals surface area contributed by atoms with Gasteiger partial charge in [-0.3, -0.25) is 19.6 Å². The number of hydrogen-bond donors (Lipinski definition) is 3. The highest BCUT2D eigenvalue weighted by atomic mass is 32.2. The van der Waals surface area contributed by atoms with Crippen molar-refractivity contribution in [2.45, 2.75) is 22.9 Å². The summed E-state index contributed by atoms with van der Waals surface area (Å²) in [7, 11) is 1.28. The highest BCUT2D eigenvalue weighted by molar-refractivity contribution is 8.01. The third-order valence-electron chi connectivity index (χ3n) is 3.81. The minimum Gasteiger partial charge on any atom is -0.477 e. The number of carbonyl (C=O) groups excluding carboxylic acids is 2. The first-order valence-corrected chi connectivity index (χ1v) is 9.22. The Hall–Kier alpha value is -2.05. The molecule has 0 spiro atoms. The molecule has 1 unspecified atom stereocenters. The number of hydrogen-bond acceptors (Lipinski definition) is 9. The van der Waals surface area contributed by atoms with Gasteiger partial charge >= 0.3 is 11.9 Å². The molecule has 1 saturated heterocycles. The monoisotopic (exact) mass is 385 g/mol. The summed E-state index contributed by atoms with van der Waals surface area (Å²) < 4.78 is 4.60. The molecular formula is C13H15N5O5S2. The van der Waals surface area contributed by atoms with Crippen LogP contribution in [-0.4, -0.2) is 73.3 Å².